The summed E-state index contributed by atoms with van der Waals surface area (Å²) in [5, 5.41) is 4.19. The number of thioether (sulfide) groups is 1. The van der Waals surface area contributed by atoms with Crippen LogP contribution in [0, 0.1) is 0 Å². The molecule has 0 aliphatic heterocycles. The molecule has 4 aromatic rings. The van der Waals surface area contributed by atoms with Crippen molar-refractivity contribution in [3.63, 3.8) is 0 Å². The molecule has 0 aliphatic carbocycles. The highest BCUT2D eigenvalue weighted by Gasteiger charge is 2.18. The first-order chi connectivity index (χ1) is 16.9. The Kier molecular flexibility index (Phi) is 7.71. The number of nitrogens with one attached hydrogen (secondary N) is 1. The summed E-state index contributed by atoms with van der Waals surface area (Å²) in [7, 11) is 0. The summed E-state index contributed by atoms with van der Waals surface area (Å²) in [6.45, 7) is 8.39. The van der Waals surface area contributed by atoms with Crippen LogP contribution in [0.1, 0.15) is 50.3 Å². The normalized spacial score (nSPS) is 11.2. The van der Waals surface area contributed by atoms with Gasteiger partial charge in [-0.3, -0.25) is 14.2 Å². The fourth-order valence-corrected chi connectivity index (χ4v) is 5.12. The molecular formula is C29H31N3O2S. The number of rotatable bonds is 8. The summed E-state index contributed by atoms with van der Waals surface area (Å²) in [4.78, 5) is 31.5. The molecule has 0 spiro atoms. The number of anilines is 1. The van der Waals surface area contributed by atoms with Crippen molar-refractivity contribution >= 4 is 34.3 Å². The van der Waals surface area contributed by atoms with Crippen LogP contribution in [0.5, 0.6) is 0 Å². The number of hydrogen-bond donors (Lipinski definition) is 1. The average Bonchev–Trinajstić information content (AvgIpc) is 2.87. The molecule has 3 aromatic carbocycles. The minimum Gasteiger partial charge on any atom is -0.325 e. The zero-order valence-electron chi connectivity index (χ0n) is 20.7. The van der Waals surface area contributed by atoms with Crippen LogP contribution in [-0.4, -0.2) is 21.2 Å². The van der Waals surface area contributed by atoms with Gasteiger partial charge in [-0.05, 0) is 53.6 Å². The lowest BCUT2D eigenvalue weighted by molar-refractivity contribution is -0.113. The SMILES string of the molecule is CCc1cccc(CC)c1NC(=O)CSc1nc2ccccc2c(=O)n1-c1ccccc1C(C)C. The highest BCUT2D eigenvalue weighted by atomic mass is 32.2. The summed E-state index contributed by atoms with van der Waals surface area (Å²) >= 11 is 1.29. The van der Waals surface area contributed by atoms with Crippen molar-refractivity contribution in [2.75, 3.05) is 11.1 Å². The monoisotopic (exact) mass is 485 g/mol. The van der Waals surface area contributed by atoms with Crippen LogP contribution in [0.15, 0.2) is 76.7 Å². The van der Waals surface area contributed by atoms with E-state index in [9.17, 15) is 9.59 Å². The first-order valence-corrected chi connectivity index (χ1v) is 13.1. The molecular weight excluding hydrogens is 454 g/mol. The van der Waals surface area contributed by atoms with Gasteiger partial charge in [0.25, 0.3) is 5.56 Å². The van der Waals surface area contributed by atoms with Crippen LogP contribution in [-0.2, 0) is 17.6 Å². The Bertz CT molecular complexity index is 1400. The lowest BCUT2D eigenvalue weighted by Crippen LogP contribution is -2.24. The standard InChI is InChI=1S/C29H31N3O2S/c1-5-20-12-11-13-21(6-2)27(20)31-26(33)18-35-29-30-24-16-9-7-15-23(24)28(34)32(29)25-17-10-8-14-22(25)19(3)4/h7-17,19H,5-6,18H2,1-4H3,(H,31,33). The largest absolute Gasteiger partial charge is 0.325 e. The van der Waals surface area contributed by atoms with Gasteiger partial charge in [-0.15, -0.1) is 0 Å². The Balaban J connectivity index is 1.72. The van der Waals surface area contributed by atoms with E-state index in [0.29, 0.717) is 16.1 Å². The number of nitrogens with zero attached hydrogens (tertiary/aromatic N) is 2. The topological polar surface area (TPSA) is 64.0 Å². The van der Waals surface area contributed by atoms with E-state index in [1.807, 2.05) is 60.7 Å². The Morgan fingerprint density at radius 1 is 0.943 bits per heavy atom. The fourth-order valence-electron chi connectivity index (χ4n) is 4.31. The molecule has 0 saturated carbocycles. The second-order valence-electron chi connectivity index (χ2n) is 8.76. The molecule has 0 saturated heterocycles. The summed E-state index contributed by atoms with van der Waals surface area (Å²) in [6, 6.07) is 21.4. The molecule has 1 N–H and O–H groups in total. The Morgan fingerprint density at radius 3 is 2.29 bits per heavy atom. The second kappa shape index (κ2) is 10.9. The van der Waals surface area contributed by atoms with Gasteiger partial charge in [-0.2, -0.15) is 0 Å². The van der Waals surface area contributed by atoms with E-state index < -0.39 is 0 Å². The zero-order chi connectivity index (χ0) is 24.9. The maximum Gasteiger partial charge on any atom is 0.266 e. The van der Waals surface area contributed by atoms with Crippen molar-refractivity contribution in [3.8, 4) is 5.69 Å². The Labute approximate surface area is 210 Å². The van der Waals surface area contributed by atoms with Gasteiger partial charge < -0.3 is 5.32 Å². The molecule has 6 heteroatoms. The van der Waals surface area contributed by atoms with Crippen LogP contribution < -0.4 is 10.9 Å². The molecule has 0 radical (unpaired) electrons. The van der Waals surface area contributed by atoms with Crippen molar-refractivity contribution in [1.82, 2.24) is 9.55 Å². The number of para-hydroxylation sites is 3. The fraction of sp³-hybridized carbons (Fsp3) is 0.276. The van der Waals surface area contributed by atoms with E-state index in [0.717, 1.165) is 40.9 Å². The summed E-state index contributed by atoms with van der Waals surface area (Å²) < 4.78 is 1.66. The first kappa shape index (κ1) is 24.7. The number of aromatic nitrogens is 2. The molecule has 180 valence electrons. The van der Waals surface area contributed by atoms with Gasteiger partial charge in [0.05, 0.1) is 22.3 Å². The minimum atomic E-state index is -0.129. The number of carbonyl (C=O) groups is 1. The number of carbonyl (C=O) groups excluding carboxylic acids is 1. The smallest absolute Gasteiger partial charge is 0.266 e. The molecule has 0 atom stereocenters. The molecule has 4 rings (SSSR count). The van der Waals surface area contributed by atoms with Gasteiger partial charge in [0.1, 0.15) is 0 Å². The number of fused-ring (bicyclic) bond motifs is 1. The Morgan fingerprint density at radius 2 is 1.60 bits per heavy atom. The first-order valence-electron chi connectivity index (χ1n) is 12.1. The minimum absolute atomic E-state index is 0.114. The van der Waals surface area contributed by atoms with Gasteiger partial charge in [-0.1, -0.05) is 88.0 Å². The maximum absolute atomic E-state index is 13.6. The maximum atomic E-state index is 13.6. The van der Waals surface area contributed by atoms with Gasteiger partial charge in [0.15, 0.2) is 5.16 Å². The van der Waals surface area contributed by atoms with Gasteiger partial charge in [0, 0.05) is 5.69 Å². The third kappa shape index (κ3) is 5.17. The van der Waals surface area contributed by atoms with Crippen molar-refractivity contribution in [2.24, 2.45) is 0 Å². The quantitative estimate of drug-likeness (QED) is 0.233. The molecule has 0 unspecified atom stereocenters. The lowest BCUT2D eigenvalue weighted by Gasteiger charge is -2.18. The summed E-state index contributed by atoms with van der Waals surface area (Å²) in [5.74, 6) is 0.260. The van der Waals surface area contributed by atoms with E-state index in [-0.39, 0.29) is 23.1 Å². The van der Waals surface area contributed by atoms with Gasteiger partial charge in [0.2, 0.25) is 5.91 Å². The van der Waals surface area contributed by atoms with E-state index in [1.54, 1.807) is 10.6 Å². The molecule has 1 heterocycles. The van der Waals surface area contributed by atoms with Crippen molar-refractivity contribution < 1.29 is 4.79 Å². The highest BCUT2D eigenvalue weighted by Crippen LogP contribution is 2.28. The number of benzene rings is 3. The predicted octanol–water partition coefficient (Wildman–Crippen LogP) is 6.36. The van der Waals surface area contributed by atoms with Crippen molar-refractivity contribution in [1.29, 1.82) is 0 Å². The Hall–Kier alpha value is -3.38. The number of hydrogen-bond acceptors (Lipinski definition) is 4. The van der Waals surface area contributed by atoms with E-state index >= 15 is 0 Å². The van der Waals surface area contributed by atoms with Crippen LogP contribution in [0.3, 0.4) is 0 Å². The second-order valence-corrected chi connectivity index (χ2v) is 9.70. The number of amides is 1. The van der Waals surface area contributed by atoms with Crippen LogP contribution in [0.25, 0.3) is 16.6 Å². The van der Waals surface area contributed by atoms with Gasteiger partial charge >= 0.3 is 0 Å². The molecule has 35 heavy (non-hydrogen) atoms. The molecule has 0 fully saturated rings. The lowest BCUT2D eigenvalue weighted by atomic mass is 10.0. The summed E-state index contributed by atoms with van der Waals surface area (Å²) in [6.07, 6.45) is 1.68. The zero-order valence-corrected chi connectivity index (χ0v) is 21.5. The molecule has 0 bridgehead atoms. The molecule has 5 nitrogen and oxygen atoms in total. The van der Waals surface area contributed by atoms with E-state index in [1.165, 1.54) is 11.8 Å². The van der Waals surface area contributed by atoms with Crippen LogP contribution in [0.2, 0.25) is 0 Å². The number of aryl methyl sites for hydroxylation is 2. The third-order valence-corrected chi connectivity index (χ3v) is 7.08. The van der Waals surface area contributed by atoms with Gasteiger partial charge in [-0.25, -0.2) is 4.98 Å². The predicted molar refractivity (Wildman–Crippen MR) is 146 cm³/mol. The van der Waals surface area contributed by atoms with E-state index in [2.05, 4.69) is 33.0 Å². The summed E-state index contributed by atoms with van der Waals surface area (Å²) in [5.41, 5.74) is 5.50. The third-order valence-electron chi connectivity index (χ3n) is 6.14. The molecule has 0 aliphatic rings. The average molecular weight is 486 g/mol. The molecule has 1 amide bonds. The van der Waals surface area contributed by atoms with E-state index in [4.69, 9.17) is 4.98 Å². The van der Waals surface area contributed by atoms with Crippen molar-refractivity contribution in [2.45, 2.75) is 51.6 Å². The van der Waals surface area contributed by atoms with Crippen molar-refractivity contribution in [3.05, 3.63) is 93.8 Å². The van der Waals surface area contributed by atoms with Crippen LogP contribution >= 0.6 is 11.8 Å². The molecule has 1 aromatic heterocycles. The van der Waals surface area contributed by atoms with Crippen LogP contribution in [0.4, 0.5) is 5.69 Å². The highest BCUT2D eigenvalue weighted by molar-refractivity contribution is 7.99.